The molecule has 6 rings (SSSR count). The Balaban J connectivity index is 0.00000185. The van der Waals surface area contributed by atoms with Crippen LogP contribution in [0.5, 0.6) is 5.75 Å². The van der Waals surface area contributed by atoms with E-state index in [1.165, 1.54) is 11.1 Å². The molecule has 0 bridgehead atoms. The Labute approximate surface area is 247 Å². The first-order valence-electron chi connectivity index (χ1n) is 13.6. The van der Waals surface area contributed by atoms with Gasteiger partial charge in [0.1, 0.15) is 24.0 Å². The highest BCUT2D eigenvalue weighted by atomic mass is 35.5. The van der Waals surface area contributed by atoms with E-state index in [0.717, 1.165) is 62.0 Å². The summed E-state index contributed by atoms with van der Waals surface area (Å²) in [6, 6.07) is 27.2. The van der Waals surface area contributed by atoms with E-state index in [-0.39, 0.29) is 43.1 Å². The minimum Gasteiger partial charge on any atom is -1.00 e. The lowest BCUT2D eigenvalue weighted by Crippen LogP contribution is -3.00. The molecule has 0 radical (unpaired) electrons. The van der Waals surface area contributed by atoms with Crippen LogP contribution in [0.15, 0.2) is 88.1 Å². The number of nitrogens with zero attached hydrogens (tertiary/aromatic N) is 2. The molecule has 3 aromatic carbocycles. The van der Waals surface area contributed by atoms with Gasteiger partial charge in [0.2, 0.25) is 0 Å². The van der Waals surface area contributed by atoms with Crippen molar-refractivity contribution in [3.63, 3.8) is 0 Å². The number of aliphatic hydroxyl groups is 1. The number of benzene rings is 3. The summed E-state index contributed by atoms with van der Waals surface area (Å²) in [5, 5.41) is 11.7. The first-order chi connectivity index (χ1) is 18.7. The molecule has 1 unspecified atom stereocenters. The molecule has 0 saturated carbocycles. The van der Waals surface area contributed by atoms with Crippen LogP contribution < -0.4 is 35.2 Å². The molecule has 2 heterocycles. The van der Waals surface area contributed by atoms with Crippen LogP contribution in [0.3, 0.4) is 0 Å². The number of β-amino-alcohol motifs (C(OH)–C–C–N with tert-alkyl or cyclic N) is 1. The van der Waals surface area contributed by atoms with Crippen molar-refractivity contribution in [3.8, 4) is 5.75 Å². The lowest BCUT2D eigenvalue weighted by Gasteiger charge is -2.40. The minimum absolute atomic E-state index is 0. The van der Waals surface area contributed by atoms with Crippen LogP contribution >= 0.6 is 0 Å². The molecule has 1 aliphatic carbocycles. The Morgan fingerprint density at radius 3 is 2.10 bits per heavy atom. The zero-order valence-corrected chi connectivity index (χ0v) is 23.9. The van der Waals surface area contributed by atoms with E-state index < -0.39 is 6.10 Å². The predicted octanol–water partition coefficient (Wildman–Crippen LogP) is -1.56. The zero-order chi connectivity index (χ0) is 25.9. The SMILES string of the molecule is O=c1oc2cc(OCC(O)CN3CCN(C(c4ccccc4)c4ccccc4)CC3)ccc2c2c1CCC2.[Cl-].[Cl-]. The molecule has 2 aliphatic rings. The average molecular weight is 582 g/mol. The van der Waals surface area contributed by atoms with Crippen LogP contribution in [0.2, 0.25) is 0 Å². The first kappa shape index (κ1) is 30.1. The molecular weight excluding hydrogens is 547 g/mol. The van der Waals surface area contributed by atoms with Crippen molar-refractivity contribution in [1.82, 2.24) is 9.80 Å². The molecule has 0 spiro atoms. The maximum atomic E-state index is 12.3. The molecule has 1 fully saturated rings. The van der Waals surface area contributed by atoms with Gasteiger partial charge >= 0.3 is 5.63 Å². The summed E-state index contributed by atoms with van der Waals surface area (Å²) >= 11 is 0. The molecule has 212 valence electrons. The van der Waals surface area contributed by atoms with Gasteiger partial charge in [-0.3, -0.25) is 9.80 Å². The molecule has 1 aliphatic heterocycles. The second kappa shape index (κ2) is 13.7. The molecule has 1 aromatic heterocycles. The molecular formula is C32H34Cl2N2O4-2. The topological polar surface area (TPSA) is 66.2 Å². The second-order valence-electron chi connectivity index (χ2n) is 10.4. The third kappa shape index (κ3) is 6.54. The summed E-state index contributed by atoms with van der Waals surface area (Å²) in [6.45, 7) is 4.38. The minimum atomic E-state index is -0.608. The monoisotopic (exact) mass is 580 g/mol. The van der Waals surface area contributed by atoms with E-state index in [1.54, 1.807) is 6.07 Å². The van der Waals surface area contributed by atoms with Crippen LogP contribution in [0, 0.1) is 0 Å². The Hall–Kier alpha value is -2.87. The number of rotatable bonds is 8. The molecule has 4 aromatic rings. The largest absolute Gasteiger partial charge is 1.00 e. The van der Waals surface area contributed by atoms with E-state index in [1.807, 2.05) is 12.1 Å². The fourth-order valence-corrected chi connectivity index (χ4v) is 5.99. The maximum Gasteiger partial charge on any atom is 0.339 e. The van der Waals surface area contributed by atoms with E-state index in [0.29, 0.717) is 17.9 Å². The number of aliphatic hydroxyl groups excluding tert-OH is 1. The van der Waals surface area contributed by atoms with Gasteiger partial charge < -0.3 is 39.1 Å². The third-order valence-corrected chi connectivity index (χ3v) is 7.86. The summed E-state index contributed by atoms with van der Waals surface area (Å²) in [5.41, 5.74) is 4.87. The van der Waals surface area contributed by atoms with Crippen molar-refractivity contribution in [1.29, 1.82) is 0 Å². The van der Waals surface area contributed by atoms with Crippen molar-refractivity contribution < 1.29 is 39.1 Å². The molecule has 1 atom stereocenters. The normalized spacial score (nSPS) is 16.2. The van der Waals surface area contributed by atoms with Crippen molar-refractivity contribution in [2.24, 2.45) is 0 Å². The van der Waals surface area contributed by atoms with Gasteiger partial charge in [-0.15, -0.1) is 0 Å². The quantitative estimate of drug-likeness (QED) is 0.254. The maximum absolute atomic E-state index is 12.3. The molecule has 8 heteroatoms. The van der Waals surface area contributed by atoms with Crippen LogP contribution in [-0.4, -0.2) is 60.3 Å². The van der Waals surface area contributed by atoms with Gasteiger partial charge in [-0.25, -0.2) is 4.79 Å². The van der Waals surface area contributed by atoms with Crippen LogP contribution in [0.1, 0.15) is 34.7 Å². The summed E-state index contributed by atoms with van der Waals surface area (Å²) < 4.78 is 11.5. The van der Waals surface area contributed by atoms with Gasteiger partial charge in [0.25, 0.3) is 0 Å². The first-order valence-corrected chi connectivity index (χ1v) is 13.6. The predicted molar refractivity (Wildman–Crippen MR) is 149 cm³/mol. The van der Waals surface area contributed by atoms with Gasteiger partial charge in [0, 0.05) is 49.7 Å². The molecule has 1 N–H and O–H groups in total. The molecule has 1 saturated heterocycles. The Morgan fingerprint density at radius 2 is 1.45 bits per heavy atom. The van der Waals surface area contributed by atoms with E-state index in [4.69, 9.17) is 9.15 Å². The lowest BCUT2D eigenvalue weighted by atomic mass is 9.96. The highest BCUT2D eigenvalue weighted by molar-refractivity contribution is 5.83. The zero-order valence-electron chi connectivity index (χ0n) is 22.3. The number of aryl methyl sites for hydroxylation is 1. The fourth-order valence-electron chi connectivity index (χ4n) is 5.99. The summed E-state index contributed by atoms with van der Waals surface area (Å²) in [7, 11) is 0. The van der Waals surface area contributed by atoms with Gasteiger partial charge in [-0.05, 0) is 48.1 Å². The van der Waals surface area contributed by atoms with Crippen LogP contribution in [0.4, 0.5) is 0 Å². The smallest absolute Gasteiger partial charge is 0.339 e. The number of hydrogen-bond acceptors (Lipinski definition) is 6. The van der Waals surface area contributed by atoms with Crippen LogP contribution in [0.25, 0.3) is 11.0 Å². The van der Waals surface area contributed by atoms with Crippen molar-refractivity contribution >= 4 is 11.0 Å². The number of halogens is 2. The van der Waals surface area contributed by atoms with E-state index in [9.17, 15) is 9.90 Å². The Bertz CT molecular complexity index is 1400. The number of piperazine rings is 1. The standard InChI is InChI=1S/C32H34N2O4.2ClH/c35-25(22-37-26-14-15-28-27-12-7-13-29(27)32(36)38-30(28)20-26)21-33-16-18-34(19-17-33)31(23-8-3-1-4-9-23)24-10-5-2-6-11-24;;/h1-6,8-11,14-15,20,25,31,35H,7,12-13,16-19,21-22H2;2*1H/p-2. The van der Waals surface area contributed by atoms with Crippen molar-refractivity contribution in [3.05, 3.63) is 112 Å². The van der Waals surface area contributed by atoms with Gasteiger partial charge in [0.05, 0.1) is 6.04 Å². The third-order valence-electron chi connectivity index (χ3n) is 7.86. The van der Waals surface area contributed by atoms with Gasteiger partial charge in [-0.1, -0.05) is 60.7 Å². The summed E-state index contributed by atoms with van der Waals surface area (Å²) in [5.74, 6) is 0.607. The second-order valence-corrected chi connectivity index (χ2v) is 10.4. The van der Waals surface area contributed by atoms with Gasteiger partial charge in [-0.2, -0.15) is 0 Å². The average Bonchev–Trinajstić information content (AvgIpc) is 3.45. The van der Waals surface area contributed by atoms with Crippen molar-refractivity contribution in [2.75, 3.05) is 39.3 Å². The number of ether oxygens (including phenoxy) is 1. The lowest BCUT2D eigenvalue weighted by molar-refractivity contribution is -0.001000. The van der Waals surface area contributed by atoms with Crippen molar-refractivity contribution in [2.45, 2.75) is 31.4 Å². The fraction of sp³-hybridized carbons (Fsp3) is 0.344. The molecule has 40 heavy (non-hydrogen) atoms. The molecule has 6 nitrogen and oxygen atoms in total. The van der Waals surface area contributed by atoms with Crippen LogP contribution in [-0.2, 0) is 12.8 Å². The van der Waals surface area contributed by atoms with Gasteiger partial charge in [0.15, 0.2) is 0 Å². The summed E-state index contributed by atoms with van der Waals surface area (Å²) in [6.07, 6.45) is 2.10. The highest BCUT2D eigenvalue weighted by Crippen LogP contribution is 2.31. The number of fused-ring (bicyclic) bond motifs is 3. The summed E-state index contributed by atoms with van der Waals surface area (Å²) in [4.78, 5) is 17.1. The number of hydrogen-bond donors (Lipinski definition) is 1. The Kier molecular flexibility index (Phi) is 10.3. The highest BCUT2D eigenvalue weighted by Gasteiger charge is 2.27. The Morgan fingerprint density at radius 1 is 0.825 bits per heavy atom. The van der Waals surface area contributed by atoms with E-state index in [2.05, 4.69) is 70.5 Å². The van der Waals surface area contributed by atoms with E-state index >= 15 is 0 Å². The molecule has 0 amide bonds.